The van der Waals surface area contributed by atoms with Crippen LogP contribution in [0, 0.1) is 23.7 Å². The van der Waals surface area contributed by atoms with E-state index in [0.717, 1.165) is 30.3 Å². The van der Waals surface area contributed by atoms with Crippen molar-refractivity contribution in [1.29, 1.82) is 0 Å². The lowest BCUT2D eigenvalue weighted by Crippen LogP contribution is -2.35. The molecule has 90 valence electrons. The monoisotopic (exact) mass is 220 g/mol. The molecule has 2 bridgehead atoms. The van der Waals surface area contributed by atoms with Crippen LogP contribution >= 0.6 is 0 Å². The maximum absolute atomic E-state index is 5.66. The van der Waals surface area contributed by atoms with Gasteiger partial charge in [-0.2, -0.15) is 0 Å². The molecular formula is C15H24O. The number of ether oxygens (including phenoxy) is 1. The Hall–Kier alpha value is -0.560. The van der Waals surface area contributed by atoms with Crippen LogP contribution in [0.25, 0.3) is 0 Å². The largest absolute Gasteiger partial charge is 0.377 e. The fraction of sp³-hybridized carbons (Fsp3) is 0.733. The normalized spacial score (nSPS) is 38.0. The summed E-state index contributed by atoms with van der Waals surface area (Å²) in [4.78, 5) is 0. The standard InChI is InChI=1S/C15H24O/c1-4-7-16-10-15-9-14-8-13(12(15)3)6-5-11(14)2/h4-5,12-15H,1,6-10H2,2-3H3. The summed E-state index contributed by atoms with van der Waals surface area (Å²) in [5, 5.41) is 0. The fourth-order valence-electron chi connectivity index (χ4n) is 3.35. The Kier molecular flexibility index (Phi) is 3.86. The molecule has 0 aliphatic heterocycles. The van der Waals surface area contributed by atoms with Crippen molar-refractivity contribution >= 4 is 0 Å². The summed E-state index contributed by atoms with van der Waals surface area (Å²) in [5.74, 6) is 3.32. The van der Waals surface area contributed by atoms with Crippen LogP contribution in [0.3, 0.4) is 0 Å². The van der Waals surface area contributed by atoms with Crippen molar-refractivity contribution in [2.24, 2.45) is 23.7 Å². The van der Waals surface area contributed by atoms with Crippen LogP contribution in [0.1, 0.15) is 33.1 Å². The van der Waals surface area contributed by atoms with Crippen LogP contribution in [0.4, 0.5) is 0 Å². The van der Waals surface area contributed by atoms with E-state index in [1.54, 1.807) is 5.57 Å². The van der Waals surface area contributed by atoms with E-state index >= 15 is 0 Å². The average Bonchev–Trinajstić information content (AvgIpc) is 2.29. The third kappa shape index (κ3) is 2.40. The van der Waals surface area contributed by atoms with Crippen molar-refractivity contribution in [2.75, 3.05) is 13.2 Å². The summed E-state index contributed by atoms with van der Waals surface area (Å²) in [7, 11) is 0. The van der Waals surface area contributed by atoms with Crippen molar-refractivity contribution < 1.29 is 4.74 Å². The first kappa shape index (κ1) is 11.9. The predicted molar refractivity (Wildman–Crippen MR) is 68.3 cm³/mol. The van der Waals surface area contributed by atoms with Crippen LogP contribution in [0.15, 0.2) is 24.3 Å². The highest BCUT2D eigenvalue weighted by molar-refractivity contribution is 5.11. The first-order chi connectivity index (χ1) is 7.72. The molecule has 0 aromatic rings. The zero-order valence-corrected chi connectivity index (χ0v) is 10.6. The highest BCUT2D eigenvalue weighted by atomic mass is 16.5. The Morgan fingerprint density at radius 1 is 1.50 bits per heavy atom. The number of fused-ring (bicyclic) bond motifs is 2. The van der Waals surface area contributed by atoms with Gasteiger partial charge in [-0.3, -0.25) is 0 Å². The molecule has 0 amide bonds. The first-order valence-electron chi connectivity index (χ1n) is 6.57. The summed E-state index contributed by atoms with van der Waals surface area (Å²) in [6, 6.07) is 0. The molecule has 16 heavy (non-hydrogen) atoms. The minimum atomic E-state index is 0.702. The summed E-state index contributed by atoms with van der Waals surface area (Å²) in [6.07, 6.45) is 8.36. The number of rotatable bonds is 4. The van der Waals surface area contributed by atoms with Crippen LogP contribution in [0.2, 0.25) is 0 Å². The number of hydrogen-bond donors (Lipinski definition) is 0. The van der Waals surface area contributed by atoms with E-state index in [-0.39, 0.29) is 0 Å². The highest BCUT2D eigenvalue weighted by Gasteiger charge is 2.37. The van der Waals surface area contributed by atoms with E-state index in [4.69, 9.17) is 4.74 Å². The van der Waals surface area contributed by atoms with Crippen molar-refractivity contribution in [3.63, 3.8) is 0 Å². The fourth-order valence-corrected chi connectivity index (χ4v) is 3.35. The van der Waals surface area contributed by atoms with Gasteiger partial charge in [-0.25, -0.2) is 0 Å². The van der Waals surface area contributed by atoms with Crippen LogP contribution < -0.4 is 0 Å². The van der Waals surface area contributed by atoms with Crippen LogP contribution in [-0.2, 0) is 4.74 Å². The summed E-state index contributed by atoms with van der Waals surface area (Å²) >= 11 is 0. The maximum Gasteiger partial charge on any atom is 0.0644 e. The van der Waals surface area contributed by atoms with E-state index in [2.05, 4.69) is 26.5 Å². The van der Waals surface area contributed by atoms with Gasteiger partial charge in [0, 0.05) is 0 Å². The average molecular weight is 220 g/mol. The zero-order chi connectivity index (χ0) is 11.5. The Labute approximate surface area is 99.6 Å². The molecule has 0 aromatic carbocycles. The SMILES string of the molecule is C=CCOCC1CC2CC(CC=C2C)C1C. The first-order valence-corrected chi connectivity index (χ1v) is 6.57. The lowest BCUT2D eigenvalue weighted by Gasteiger charge is -2.43. The van der Waals surface area contributed by atoms with Gasteiger partial charge >= 0.3 is 0 Å². The molecule has 1 heteroatoms. The zero-order valence-electron chi connectivity index (χ0n) is 10.6. The second-order valence-corrected chi connectivity index (χ2v) is 5.56. The predicted octanol–water partition coefficient (Wildman–Crippen LogP) is 3.82. The second kappa shape index (κ2) is 5.18. The molecule has 0 N–H and O–H groups in total. The third-order valence-corrected chi connectivity index (χ3v) is 4.62. The molecule has 1 saturated carbocycles. The molecule has 0 aromatic heterocycles. The van der Waals surface area contributed by atoms with Gasteiger partial charge in [0.15, 0.2) is 0 Å². The molecule has 2 aliphatic carbocycles. The molecule has 1 nitrogen and oxygen atoms in total. The highest BCUT2D eigenvalue weighted by Crippen LogP contribution is 2.45. The summed E-state index contributed by atoms with van der Waals surface area (Å²) in [5.41, 5.74) is 1.62. The van der Waals surface area contributed by atoms with E-state index in [9.17, 15) is 0 Å². The second-order valence-electron chi connectivity index (χ2n) is 5.56. The van der Waals surface area contributed by atoms with Gasteiger partial charge in [0.1, 0.15) is 0 Å². The molecule has 2 aliphatic rings. The molecule has 1 fully saturated rings. The van der Waals surface area contributed by atoms with E-state index < -0.39 is 0 Å². The van der Waals surface area contributed by atoms with Crippen molar-refractivity contribution in [2.45, 2.75) is 33.1 Å². The van der Waals surface area contributed by atoms with Gasteiger partial charge in [-0.1, -0.05) is 24.6 Å². The van der Waals surface area contributed by atoms with Crippen molar-refractivity contribution in [1.82, 2.24) is 0 Å². The maximum atomic E-state index is 5.66. The Morgan fingerprint density at radius 2 is 2.31 bits per heavy atom. The molecule has 2 rings (SSSR count). The quantitative estimate of drug-likeness (QED) is 0.517. The lowest BCUT2D eigenvalue weighted by atomic mass is 9.63. The Bertz CT molecular complexity index is 279. The summed E-state index contributed by atoms with van der Waals surface area (Å²) < 4.78 is 5.66. The topological polar surface area (TPSA) is 9.23 Å². The molecule has 0 heterocycles. The van der Waals surface area contributed by atoms with Gasteiger partial charge in [0.25, 0.3) is 0 Å². The Morgan fingerprint density at radius 3 is 3.06 bits per heavy atom. The molecule has 4 unspecified atom stereocenters. The summed E-state index contributed by atoms with van der Waals surface area (Å²) in [6.45, 7) is 10.0. The van der Waals surface area contributed by atoms with Crippen molar-refractivity contribution in [3.05, 3.63) is 24.3 Å². The van der Waals surface area contributed by atoms with Gasteiger partial charge in [0.2, 0.25) is 0 Å². The molecule has 0 radical (unpaired) electrons. The minimum Gasteiger partial charge on any atom is -0.377 e. The molecule has 0 saturated heterocycles. The minimum absolute atomic E-state index is 0.702. The van der Waals surface area contributed by atoms with E-state index in [0.29, 0.717) is 6.61 Å². The molecule has 0 spiro atoms. The van der Waals surface area contributed by atoms with Crippen LogP contribution in [0.5, 0.6) is 0 Å². The lowest BCUT2D eigenvalue weighted by molar-refractivity contribution is 0.0381. The van der Waals surface area contributed by atoms with Crippen LogP contribution in [-0.4, -0.2) is 13.2 Å². The van der Waals surface area contributed by atoms with Crippen molar-refractivity contribution in [3.8, 4) is 0 Å². The van der Waals surface area contributed by atoms with Gasteiger partial charge in [-0.05, 0) is 49.9 Å². The van der Waals surface area contributed by atoms with E-state index in [1.165, 1.54) is 19.3 Å². The Balaban J connectivity index is 1.95. The third-order valence-electron chi connectivity index (χ3n) is 4.62. The van der Waals surface area contributed by atoms with E-state index in [1.807, 2.05) is 6.08 Å². The van der Waals surface area contributed by atoms with Gasteiger partial charge < -0.3 is 4.74 Å². The molecular weight excluding hydrogens is 196 g/mol. The van der Waals surface area contributed by atoms with Gasteiger partial charge in [-0.15, -0.1) is 6.58 Å². The molecule has 4 atom stereocenters. The smallest absolute Gasteiger partial charge is 0.0644 e. The number of hydrogen-bond acceptors (Lipinski definition) is 1. The van der Waals surface area contributed by atoms with Gasteiger partial charge in [0.05, 0.1) is 13.2 Å². The number of allylic oxidation sites excluding steroid dienone is 2.